The number of anilines is 1. The van der Waals surface area contributed by atoms with Gasteiger partial charge in [-0.3, -0.25) is 4.79 Å². The molecule has 72 valence electrons. The molecule has 0 fully saturated rings. The summed E-state index contributed by atoms with van der Waals surface area (Å²) in [5, 5.41) is 15.5. The third kappa shape index (κ3) is 3.98. The SMILES string of the molecule is CC(=O)Nc1nnc(S([NH-])(=O)=O)s1.[Na+]. The molecule has 1 amide bonds. The molecule has 0 saturated carbocycles. The van der Waals surface area contributed by atoms with E-state index in [-0.39, 0.29) is 40.6 Å². The van der Waals surface area contributed by atoms with Gasteiger partial charge in [0, 0.05) is 6.92 Å². The number of nitrogens with one attached hydrogen (secondary N) is 2. The maximum absolute atomic E-state index is 10.6. The molecule has 0 aliphatic rings. The van der Waals surface area contributed by atoms with E-state index in [1.165, 1.54) is 6.92 Å². The van der Waals surface area contributed by atoms with Crippen LogP contribution in [-0.2, 0) is 14.8 Å². The Morgan fingerprint density at radius 3 is 2.43 bits per heavy atom. The fraction of sp³-hybridized carbons (Fsp3) is 0.250. The molecule has 0 spiro atoms. The van der Waals surface area contributed by atoms with E-state index in [4.69, 9.17) is 5.14 Å². The first kappa shape index (κ1) is 13.9. The number of carbonyl (C=O) groups is 1. The summed E-state index contributed by atoms with van der Waals surface area (Å²) in [6.45, 7) is 1.26. The summed E-state index contributed by atoms with van der Waals surface area (Å²) in [7, 11) is -4.07. The van der Waals surface area contributed by atoms with Gasteiger partial charge in [0.05, 0.1) is 0 Å². The van der Waals surface area contributed by atoms with Crippen molar-refractivity contribution >= 4 is 32.4 Å². The van der Waals surface area contributed by atoms with Crippen LogP contribution < -0.4 is 34.9 Å². The minimum absolute atomic E-state index is 0. The van der Waals surface area contributed by atoms with E-state index in [0.29, 0.717) is 11.3 Å². The number of amides is 1. The van der Waals surface area contributed by atoms with E-state index in [2.05, 4.69) is 15.5 Å². The van der Waals surface area contributed by atoms with E-state index >= 15 is 0 Å². The first-order valence-electron chi connectivity index (χ1n) is 3.00. The predicted molar refractivity (Wildman–Crippen MR) is 45.7 cm³/mol. The van der Waals surface area contributed by atoms with Crippen molar-refractivity contribution in [2.24, 2.45) is 0 Å². The quantitative estimate of drug-likeness (QED) is 0.447. The smallest absolute Gasteiger partial charge is 0.558 e. The molecule has 1 aromatic rings. The van der Waals surface area contributed by atoms with Crippen LogP contribution >= 0.6 is 11.3 Å². The molecule has 1 aromatic heterocycles. The summed E-state index contributed by atoms with van der Waals surface area (Å²) in [5.41, 5.74) is 0. The number of hydrogen-bond donors (Lipinski definition) is 1. The van der Waals surface area contributed by atoms with E-state index in [0.717, 1.165) is 0 Å². The van der Waals surface area contributed by atoms with E-state index in [1.54, 1.807) is 0 Å². The Bertz CT molecular complexity index is 428. The van der Waals surface area contributed by atoms with Gasteiger partial charge in [0.2, 0.25) is 15.4 Å². The molecule has 2 N–H and O–H groups in total. The van der Waals surface area contributed by atoms with Crippen molar-refractivity contribution < 1.29 is 42.8 Å². The first-order valence-corrected chi connectivity index (χ1v) is 5.30. The summed E-state index contributed by atoms with van der Waals surface area (Å²) in [6, 6.07) is 0. The number of hydrogen-bond acceptors (Lipinski definition) is 6. The zero-order chi connectivity index (χ0) is 10.1. The average molecular weight is 244 g/mol. The van der Waals surface area contributed by atoms with Gasteiger partial charge in [0.25, 0.3) is 0 Å². The zero-order valence-electron chi connectivity index (χ0n) is 7.44. The van der Waals surface area contributed by atoms with Crippen molar-refractivity contribution in [2.45, 2.75) is 11.3 Å². The Labute approximate surface area is 106 Å². The van der Waals surface area contributed by atoms with Crippen molar-refractivity contribution in [3.8, 4) is 0 Å². The zero-order valence-corrected chi connectivity index (χ0v) is 11.1. The number of nitrogens with zero attached hydrogens (tertiary/aromatic N) is 2. The summed E-state index contributed by atoms with van der Waals surface area (Å²) in [5.74, 6) is -0.370. The summed E-state index contributed by atoms with van der Waals surface area (Å²) >= 11 is 0.639. The molecule has 10 heteroatoms. The Hall–Kier alpha value is -0.0600. The van der Waals surface area contributed by atoms with Gasteiger partial charge in [-0.1, -0.05) is 11.3 Å². The van der Waals surface area contributed by atoms with Crippen LogP contribution in [0, 0.1) is 0 Å². The number of aromatic nitrogens is 2. The van der Waals surface area contributed by atoms with Crippen molar-refractivity contribution in [2.75, 3.05) is 5.32 Å². The molecule has 0 saturated heterocycles. The molecule has 0 bridgehead atoms. The summed E-state index contributed by atoms with van der Waals surface area (Å²) in [6.07, 6.45) is 0. The van der Waals surface area contributed by atoms with Gasteiger partial charge in [0.1, 0.15) is 10.0 Å². The van der Waals surface area contributed by atoms with Crippen LogP contribution in [0.15, 0.2) is 4.34 Å². The second-order valence-electron chi connectivity index (χ2n) is 2.06. The second-order valence-corrected chi connectivity index (χ2v) is 4.69. The van der Waals surface area contributed by atoms with Gasteiger partial charge < -0.3 is 10.5 Å². The number of carbonyl (C=O) groups excluding carboxylic acids is 1. The van der Waals surface area contributed by atoms with Crippen LogP contribution in [0.3, 0.4) is 0 Å². The third-order valence-corrected chi connectivity index (χ3v) is 3.00. The van der Waals surface area contributed by atoms with Gasteiger partial charge in [-0.2, -0.15) is 0 Å². The van der Waals surface area contributed by atoms with Crippen molar-refractivity contribution in [3.05, 3.63) is 5.14 Å². The maximum atomic E-state index is 10.6. The Morgan fingerprint density at radius 2 is 2.07 bits per heavy atom. The second kappa shape index (κ2) is 5.14. The van der Waals surface area contributed by atoms with E-state index in [9.17, 15) is 13.2 Å². The third-order valence-electron chi connectivity index (χ3n) is 0.919. The van der Waals surface area contributed by atoms with E-state index in [1.807, 2.05) is 0 Å². The molecule has 0 aliphatic carbocycles. The van der Waals surface area contributed by atoms with Gasteiger partial charge in [0.15, 0.2) is 0 Å². The average Bonchev–Trinajstić information content (AvgIpc) is 2.32. The predicted octanol–water partition coefficient (Wildman–Crippen LogP) is -2.76. The van der Waals surface area contributed by atoms with Crippen molar-refractivity contribution in [3.63, 3.8) is 0 Å². The molecule has 0 unspecified atom stereocenters. The molecule has 0 atom stereocenters. The monoisotopic (exact) mass is 244 g/mol. The standard InChI is InChI=1S/C4H6N4O3S2.Na/c1-2(9)6-3-7-8-4(12-3)13(5,10)11;/h1H3,(H3,5,6,7,9,10,11);/q;+1/p-1. The Kier molecular flexibility index (Phi) is 5.12. The largest absolute Gasteiger partial charge is 1.00 e. The maximum Gasteiger partial charge on any atom is 1.00 e. The molecule has 14 heavy (non-hydrogen) atoms. The molecular weight excluding hydrogens is 239 g/mol. The van der Waals surface area contributed by atoms with Gasteiger partial charge in [-0.25, -0.2) is 8.42 Å². The molecule has 0 aromatic carbocycles. The minimum Gasteiger partial charge on any atom is -0.558 e. The van der Waals surface area contributed by atoms with Gasteiger partial charge >= 0.3 is 29.6 Å². The van der Waals surface area contributed by atoms with Crippen LogP contribution in [0.4, 0.5) is 5.13 Å². The summed E-state index contributed by atoms with van der Waals surface area (Å²) < 4.78 is 20.8. The molecule has 1 rings (SSSR count). The van der Waals surface area contributed by atoms with Crippen LogP contribution in [0.25, 0.3) is 5.14 Å². The van der Waals surface area contributed by atoms with Crippen molar-refractivity contribution in [1.82, 2.24) is 10.2 Å². The summed E-state index contributed by atoms with van der Waals surface area (Å²) in [4.78, 5) is 10.5. The molecule has 0 aliphatic heterocycles. The minimum atomic E-state index is -4.07. The van der Waals surface area contributed by atoms with Crippen LogP contribution in [-0.4, -0.2) is 24.5 Å². The van der Waals surface area contributed by atoms with E-state index < -0.39 is 14.4 Å². The Balaban J connectivity index is 0.00000169. The van der Waals surface area contributed by atoms with Gasteiger partial charge in [-0.15, -0.1) is 10.2 Å². The molecule has 7 nitrogen and oxygen atoms in total. The number of sulfonamides is 1. The van der Waals surface area contributed by atoms with Crippen LogP contribution in [0.2, 0.25) is 0 Å². The Morgan fingerprint density at radius 1 is 1.50 bits per heavy atom. The molecule has 1 heterocycles. The van der Waals surface area contributed by atoms with Crippen LogP contribution in [0.1, 0.15) is 6.92 Å². The van der Waals surface area contributed by atoms with Gasteiger partial charge in [-0.05, 0) is 0 Å². The fourth-order valence-electron chi connectivity index (χ4n) is 0.519. The number of rotatable bonds is 2. The van der Waals surface area contributed by atoms with Crippen LogP contribution in [0.5, 0.6) is 0 Å². The topological polar surface area (TPSA) is 113 Å². The fourth-order valence-corrected chi connectivity index (χ4v) is 1.87. The first-order chi connectivity index (χ1) is 5.89. The normalized spacial score (nSPS) is 10.4. The molecule has 0 radical (unpaired) electrons. The molecular formula is C4H5N4NaO3S2. The van der Waals surface area contributed by atoms with Crippen molar-refractivity contribution in [1.29, 1.82) is 0 Å².